The van der Waals surface area contributed by atoms with Crippen LogP contribution in [0.25, 0.3) is 0 Å². The van der Waals surface area contributed by atoms with Gasteiger partial charge in [-0.3, -0.25) is 9.59 Å². The lowest BCUT2D eigenvalue weighted by molar-refractivity contribution is -0.115. The van der Waals surface area contributed by atoms with Crippen molar-refractivity contribution in [1.82, 2.24) is 9.78 Å². The predicted molar refractivity (Wildman–Crippen MR) is 122 cm³/mol. The highest BCUT2D eigenvalue weighted by Gasteiger charge is 2.26. The van der Waals surface area contributed by atoms with E-state index in [1.165, 1.54) is 36.0 Å². The van der Waals surface area contributed by atoms with Gasteiger partial charge in [0.05, 0.1) is 22.2 Å². The van der Waals surface area contributed by atoms with E-state index in [1.54, 1.807) is 6.92 Å². The van der Waals surface area contributed by atoms with Crippen molar-refractivity contribution in [1.29, 1.82) is 0 Å². The van der Waals surface area contributed by atoms with Crippen LogP contribution in [-0.2, 0) is 20.5 Å². The van der Waals surface area contributed by atoms with Crippen LogP contribution in [0.4, 0.5) is 15.9 Å². The van der Waals surface area contributed by atoms with Crippen LogP contribution in [0.15, 0.2) is 30.3 Å². The smallest absolute Gasteiger partial charge is 0.238 e. The Bertz CT molecular complexity index is 895. The SMILES string of the molecule is CC(SCC(=O)Nc1ccc(F)cc1)C(=O)Nc1cc(C(C)(C)C)nn1C(C)(C)C. The molecule has 0 spiro atoms. The minimum absolute atomic E-state index is 0.109. The maximum Gasteiger partial charge on any atom is 0.238 e. The number of thioether (sulfide) groups is 1. The van der Waals surface area contributed by atoms with E-state index in [4.69, 9.17) is 5.10 Å². The van der Waals surface area contributed by atoms with Crippen molar-refractivity contribution in [3.8, 4) is 0 Å². The van der Waals surface area contributed by atoms with E-state index in [2.05, 4.69) is 31.4 Å². The summed E-state index contributed by atoms with van der Waals surface area (Å²) >= 11 is 1.23. The Kier molecular flexibility index (Phi) is 7.34. The van der Waals surface area contributed by atoms with Gasteiger partial charge in [-0.25, -0.2) is 9.07 Å². The highest BCUT2D eigenvalue weighted by Crippen LogP contribution is 2.28. The zero-order chi connectivity index (χ0) is 22.7. The number of benzene rings is 1. The van der Waals surface area contributed by atoms with Crippen LogP contribution < -0.4 is 10.6 Å². The number of hydrogen-bond donors (Lipinski definition) is 2. The Morgan fingerprint density at radius 3 is 2.23 bits per heavy atom. The number of carbonyl (C=O) groups excluding carboxylic acids is 2. The Morgan fingerprint density at radius 1 is 1.10 bits per heavy atom. The largest absolute Gasteiger partial charge is 0.325 e. The van der Waals surface area contributed by atoms with Crippen molar-refractivity contribution in [2.75, 3.05) is 16.4 Å². The number of nitrogens with one attached hydrogen (secondary N) is 2. The van der Waals surface area contributed by atoms with Crippen LogP contribution in [0.5, 0.6) is 0 Å². The van der Waals surface area contributed by atoms with Crippen LogP contribution in [0.1, 0.15) is 54.2 Å². The fourth-order valence-electron chi connectivity index (χ4n) is 2.58. The third kappa shape index (κ3) is 6.58. The molecule has 6 nitrogen and oxygen atoms in total. The summed E-state index contributed by atoms with van der Waals surface area (Å²) in [7, 11) is 0. The molecule has 164 valence electrons. The third-order valence-corrected chi connectivity index (χ3v) is 5.47. The second-order valence-corrected chi connectivity index (χ2v) is 10.6. The van der Waals surface area contributed by atoms with Gasteiger partial charge in [0.1, 0.15) is 11.6 Å². The second-order valence-electron chi connectivity index (χ2n) is 9.24. The Hall–Kier alpha value is -2.35. The molecule has 2 N–H and O–H groups in total. The van der Waals surface area contributed by atoms with Crippen LogP contribution in [0, 0.1) is 5.82 Å². The minimum atomic E-state index is -0.439. The van der Waals surface area contributed by atoms with Gasteiger partial charge in [0.15, 0.2) is 0 Å². The number of hydrogen-bond acceptors (Lipinski definition) is 4. The number of carbonyl (C=O) groups is 2. The molecule has 0 bridgehead atoms. The maximum atomic E-state index is 12.9. The van der Waals surface area contributed by atoms with Gasteiger partial charge < -0.3 is 10.6 Å². The molecule has 0 aliphatic rings. The third-order valence-electron chi connectivity index (χ3n) is 4.33. The molecule has 0 radical (unpaired) electrons. The summed E-state index contributed by atoms with van der Waals surface area (Å²) < 4.78 is 14.8. The minimum Gasteiger partial charge on any atom is -0.325 e. The Morgan fingerprint density at radius 2 is 1.70 bits per heavy atom. The average Bonchev–Trinajstić information content (AvgIpc) is 3.06. The highest BCUT2D eigenvalue weighted by molar-refractivity contribution is 8.01. The summed E-state index contributed by atoms with van der Waals surface area (Å²) in [6, 6.07) is 7.46. The summed E-state index contributed by atoms with van der Waals surface area (Å²) in [6.45, 7) is 14.1. The summed E-state index contributed by atoms with van der Waals surface area (Å²) in [5.41, 5.74) is 0.973. The van der Waals surface area contributed by atoms with Crippen LogP contribution in [-0.4, -0.2) is 32.6 Å². The summed E-state index contributed by atoms with van der Waals surface area (Å²) in [5, 5.41) is 9.90. The van der Waals surface area contributed by atoms with Gasteiger partial charge >= 0.3 is 0 Å². The van der Waals surface area contributed by atoms with Gasteiger partial charge in [0.2, 0.25) is 11.8 Å². The highest BCUT2D eigenvalue weighted by atomic mass is 32.2. The molecule has 0 aliphatic heterocycles. The van der Waals surface area contributed by atoms with E-state index in [9.17, 15) is 14.0 Å². The number of rotatable bonds is 6. The first-order chi connectivity index (χ1) is 13.8. The lowest BCUT2D eigenvalue weighted by atomic mass is 9.92. The second kappa shape index (κ2) is 9.20. The van der Waals surface area contributed by atoms with Crippen LogP contribution in [0.2, 0.25) is 0 Å². The molecule has 1 atom stereocenters. The molecule has 2 aromatic rings. The first-order valence-corrected chi connectivity index (χ1v) is 10.9. The van der Waals surface area contributed by atoms with E-state index in [1.807, 2.05) is 31.5 Å². The van der Waals surface area contributed by atoms with Crippen molar-refractivity contribution >= 4 is 35.1 Å². The van der Waals surface area contributed by atoms with Crippen molar-refractivity contribution in [2.24, 2.45) is 0 Å². The molecule has 0 saturated heterocycles. The molecule has 1 aromatic carbocycles. The van der Waals surface area contributed by atoms with E-state index in [-0.39, 0.29) is 34.3 Å². The number of nitrogens with zero attached hydrogens (tertiary/aromatic N) is 2. The molecule has 0 aliphatic carbocycles. The Labute approximate surface area is 182 Å². The lowest BCUT2D eigenvalue weighted by Crippen LogP contribution is -2.30. The van der Waals surface area contributed by atoms with Gasteiger partial charge in [-0.15, -0.1) is 11.8 Å². The van der Waals surface area contributed by atoms with Gasteiger partial charge in [0.25, 0.3) is 0 Å². The molecule has 30 heavy (non-hydrogen) atoms. The standard InChI is InChI=1S/C22H31FN4O2S/c1-14(30-13-19(28)24-16-10-8-15(23)9-11-16)20(29)25-18-12-17(21(2,3)4)26-27(18)22(5,6)7/h8-12,14H,13H2,1-7H3,(H,24,28)(H,25,29). The maximum absolute atomic E-state index is 12.9. The molecule has 2 amide bonds. The fourth-order valence-corrected chi connectivity index (χ4v) is 3.27. The van der Waals surface area contributed by atoms with Crippen molar-refractivity contribution < 1.29 is 14.0 Å². The molecular formula is C22H31FN4O2S. The molecule has 0 saturated carbocycles. The zero-order valence-electron chi connectivity index (χ0n) is 18.7. The first kappa shape index (κ1) is 23.9. The average molecular weight is 435 g/mol. The van der Waals surface area contributed by atoms with Gasteiger partial charge in [-0.2, -0.15) is 5.10 Å². The molecule has 1 unspecified atom stereocenters. The monoisotopic (exact) mass is 434 g/mol. The number of halogens is 1. The number of anilines is 2. The normalized spacial score (nSPS) is 13.1. The summed E-state index contributed by atoms with van der Waals surface area (Å²) in [4.78, 5) is 24.8. The zero-order valence-corrected chi connectivity index (χ0v) is 19.5. The van der Waals surface area contributed by atoms with E-state index in [0.29, 0.717) is 11.5 Å². The summed E-state index contributed by atoms with van der Waals surface area (Å²) in [5.74, 6) is -0.0588. The summed E-state index contributed by atoms with van der Waals surface area (Å²) in [6.07, 6.45) is 0. The molecule has 1 aromatic heterocycles. The molecule has 8 heteroatoms. The van der Waals surface area contributed by atoms with Crippen molar-refractivity contribution in [3.63, 3.8) is 0 Å². The first-order valence-electron chi connectivity index (χ1n) is 9.86. The quantitative estimate of drug-likeness (QED) is 0.686. The molecule has 0 fully saturated rings. The van der Waals surface area contributed by atoms with E-state index < -0.39 is 5.25 Å². The number of aromatic nitrogens is 2. The van der Waals surface area contributed by atoms with Gasteiger partial charge in [-0.05, 0) is 52.0 Å². The van der Waals surface area contributed by atoms with Crippen LogP contribution in [0.3, 0.4) is 0 Å². The van der Waals surface area contributed by atoms with Gasteiger partial charge in [-0.1, -0.05) is 20.8 Å². The lowest BCUT2D eigenvalue weighted by Gasteiger charge is -2.23. The number of amides is 2. The molecule has 1 heterocycles. The van der Waals surface area contributed by atoms with Crippen molar-refractivity contribution in [3.05, 3.63) is 41.8 Å². The molecular weight excluding hydrogens is 403 g/mol. The Balaban J connectivity index is 1.99. The predicted octanol–water partition coefficient (Wildman–Crippen LogP) is 4.77. The van der Waals surface area contributed by atoms with Crippen LogP contribution >= 0.6 is 11.8 Å². The van der Waals surface area contributed by atoms with E-state index in [0.717, 1.165) is 5.69 Å². The van der Waals surface area contributed by atoms with Gasteiger partial charge in [0, 0.05) is 17.2 Å². The molecule has 2 rings (SSSR count). The van der Waals surface area contributed by atoms with E-state index >= 15 is 0 Å². The van der Waals surface area contributed by atoms with Crippen molar-refractivity contribution in [2.45, 2.75) is 64.7 Å². The fraction of sp³-hybridized carbons (Fsp3) is 0.500. The topological polar surface area (TPSA) is 76.0 Å².